The smallest absolute Gasteiger partial charge is 0.255 e. The number of H-pyrrole nitrogens is 1. The number of hydrogen-bond acceptors (Lipinski definition) is 4. The molecule has 0 aliphatic heterocycles. The number of nitrogens with zero attached hydrogens (tertiary/aromatic N) is 1. The molecule has 0 radical (unpaired) electrons. The maximum Gasteiger partial charge on any atom is 0.255 e. The molecule has 2 aromatic carbocycles. The molecule has 4 N–H and O–H groups in total. The van der Waals surface area contributed by atoms with Gasteiger partial charge in [0.2, 0.25) is 10.0 Å². The van der Waals surface area contributed by atoms with Crippen LogP contribution in [0.2, 0.25) is 0 Å². The molecule has 0 aliphatic rings. The Morgan fingerprint density at radius 1 is 1.07 bits per heavy atom. The van der Waals surface area contributed by atoms with Gasteiger partial charge in [-0.05, 0) is 36.1 Å². The van der Waals surface area contributed by atoms with Gasteiger partial charge in [0.15, 0.2) is 0 Å². The lowest BCUT2D eigenvalue weighted by Crippen LogP contribution is -2.25. The second-order valence-electron chi connectivity index (χ2n) is 6.40. The minimum atomic E-state index is -3.70. The van der Waals surface area contributed by atoms with Crippen LogP contribution >= 0.6 is 0 Å². The standard InChI is InChI=1S/C20H22N4O3S/c1-2-14-3-7-16(8-4-14)19-18(13-23-24-19)20(25)22-12-11-15-5-9-17(10-6-15)28(21,26)27/h3-10,13H,2,11-12H2,1H3,(H,22,25)(H,23,24)(H2,21,26,27). The molecule has 3 rings (SSSR count). The lowest BCUT2D eigenvalue weighted by Gasteiger charge is -2.07. The summed E-state index contributed by atoms with van der Waals surface area (Å²) in [5.41, 5.74) is 4.18. The van der Waals surface area contributed by atoms with E-state index in [1.54, 1.807) is 12.1 Å². The van der Waals surface area contributed by atoms with E-state index in [9.17, 15) is 13.2 Å². The molecule has 1 aromatic heterocycles. The number of nitrogens with two attached hydrogens (primary N) is 1. The van der Waals surface area contributed by atoms with E-state index in [-0.39, 0.29) is 10.8 Å². The van der Waals surface area contributed by atoms with Crippen LogP contribution in [-0.4, -0.2) is 31.1 Å². The van der Waals surface area contributed by atoms with Crippen molar-refractivity contribution < 1.29 is 13.2 Å². The zero-order valence-electron chi connectivity index (χ0n) is 15.5. The fraction of sp³-hybridized carbons (Fsp3) is 0.200. The molecular formula is C20H22N4O3S. The number of primary sulfonamides is 1. The van der Waals surface area contributed by atoms with Gasteiger partial charge in [0.1, 0.15) is 0 Å². The lowest BCUT2D eigenvalue weighted by atomic mass is 10.0. The van der Waals surface area contributed by atoms with Crippen LogP contribution in [0.3, 0.4) is 0 Å². The van der Waals surface area contributed by atoms with Crippen LogP contribution in [0.15, 0.2) is 59.6 Å². The van der Waals surface area contributed by atoms with E-state index in [4.69, 9.17) is 5.14 Å². The summed E-state index contributed by atoms with van der Waals surface area (Å²) in [4.78, 5) is 12.6. The van der Waals surface area contributed by atoms with Gasteiger partial charge < -0.3 is 5.32 Å². The summed E-state index contributed by atoms with van der Waals surface area (Å²) in [6.45, 7) is 2.50. The van der Waals surface area contributed by atoms with Crippen LogP contribution in [-0.2, 0) is 22.9 Å². The van der Waals surface area contributed by atoms with Crippen molar-refractivity contribution in [2.45, 2.75) is 24.7 Å². The SMILES string of the molecule is CCc1ccc(-c2[nH]ncc2C(=O)NCCc2ccc(S(N)(=O)=O)cc2)cc1. The van der Waals surface area contributed by atoms with Crippen molar-refractivity contribution >= 4 is 15.9 Å². The van der Waals surface area contributed by atoms with E-state index in [0.29, 0.717) is 24.2 Å². The molecule has 0 fully saturated rings. The number of aromatic nitrogens is 2. The van der Waals surface area contributed by atoms with Crippen molar-refractivity contribution in [1.29, 1.82) is 0 Å². The first-order chi connectivity index (χ1) is 13.4. The second-order valence-corrected chi connectivity index (χ2v) is 7.97. The summed E-state index contributed by atoms with van der Waals surface area (Å²) in [6.07, 6.45) is 3.03. The number of carbonyl (C=O) groups is 1. The van der Waals surface area contributed by atoms with Gasteiger partial charge in [-0.3, -0.25) is 9.89 Å². The van der Waals surface area contributed by atoms with Gasteiger partial charge in [0.05, 0.1) is 22.3 Å². The summed E-state index contributed by atoms with van der Waals surface area (Å²) in [5, 5.41) is 14.9. The van der Waals surface area contributed by atoms with E-state index in [1.165, 1.54) is 23.9 Å². The number of sulfonamides is 1. The van der Waals surface area contributed by atoms with Crippen molar-refractivity contribution in [3.63, 3.8) is 0 Å². The van der Waals surface area contributed by atoms with Gasteiger partial charge >= 0.3 is 0 Å². The summed E-state index contributed by atoms with van der Waals surface area (Å²) in [7, 11) is -3.70. The number of amides is 1. The van der Waals surface area contributed by atoms with Gasteiger partial charge in [-0.25, -0.2) is 13.6 Å². The Kier molecular flexibility index (Phi) is 5.91. The molecule has 1 amide bonds. The van der Waals surface area contributed by atoms with E-state index in [1.807, 2.05) is 24.3 Å². The lowest BCUT2D eigenvalue weighted by molar-refractivity contribution is 0.0955. The Morgan fingerprint density at radius 3 is 2.32 bits per heavy atom. The van der Waals surface area contributed by atoms with Crippen molar-refractivity contribution in [3.8, 4) is 11.3 Å². The molecule has 0 saturated heterocycles. The van der Waals surface area contributed by atoms with Gasteiger partial charge in [-0.2, -0.15) is 5.10 Å². The van der Waals surface area contributed by atoms with E-state index in [2.05, 4.69) is 22.4 Å². The summed E-state index contributed by atoms with van der Waals surface area (Å²) in [5.74, 6) is -0.218. The van der Waals surface area contributed by atoms with Gasteiger partial charge in [-0.15, -0.1) is 0 Å². The zero-order valence-corrected chi connectivity index (χ0v) is 16.3. The molecule has 0 bridgehead atoms. The molecule has 7 nitrogen and oxygen atoms in total. The van der Waals surface area contributed by atoms with Crippen molar-refractivity contribution in [2.24, 2.45) is 5.14 Å². The maximum absolute atomic E-state index is 12.5. The normalized spacial score (nSPS) is 11.4. The maximum atomic E-state index is 12.5. The van der Waals surface area contributed by atoms with Crippen LogP contribution < -0.4 is 10.5 Å². The molecule has 0 atom stereocenters. The van der Waals surface area contributed by atoms with Crippen molar-refractivity contribution in [2.75, 3.05) is 6.54 Å². The number of hydrogen-bond donors (Lipinski definition) is 3. The Hall–Kier alpha value is -2.97. The average Bonchev–Trinajstić information content (AvgIpc) is 3.17. The molecular weight excluding hydrogens is 376 g/mol. The van der Waals surface area contributed by atoms with Crippen LogP contribution in [0.1, 0.15) is 28.4 Å². The number of aromatic amines is 1. The summed E-state index contributed by atoms with van der Waals surface area (Å²) < 4.78 is 22.6. The highest BCUT2D eigenvalue weighted by Crippen LogP contribution is 2.21. The minimum absolute atomic E-state index is 0.0671. The van der Waals surface area contributed by atoms with Crippen molar-refractivity contribution in [3.05, 3.63) is 71.4 Å². The first kappa shape index (κ1) is 19.8. The molecule has 28 heavy (non-hydrogen) atoms. The van der Waals surface area contributed by atoms with Crippen molar-refractivity contribution in [1.82, 2.24) is 15.5 Å². The number of nitrogens with one attached hydrogen (secondary N) is 2. The van der Waals surface area contributed by atoms with E-state index >= 15 is 0 Å². The average molecular weight is 398 g/mol. The third kappa shape index (κ3) is 4.65. The summed E-state index contributed by atoms with van der Waals surface area (Å²) in [6, 6.07) is 14.3. The highest BCUT2D eigenvalue weighted by atomic mass is 32.2. The number of rotatable bonds is 7. The Labute approximate surface area is 164 Å². The highest BCUT2D eigenvalue weighted by Gasteiger charge is 2.15. The molecule has 0 spiro atoms. The number of carbonyl (C=O) groups excluding carboxylic acids is 1. The van der Waals surface area contributed by atoms with E-state index in [0.717, 1.165) is 17.5 Å². The molecule has 1 heterocycles. The van der Waals surface area contributed by atoms with Crippen LogP contribution in [0, 0.1) is 0 Å². The first-order valence-corrected chi connectivity index (χ1v) is 10.5. The largest absolute Gasteiger partial charge is 0.352 e. The third-order valence-electron chi connectivity index (χ3n) is 4.49. The highest BCUT2D eigenvalue weighted by molar-refractivity contribution is 7.89. The van der Waals surface area contributed by atoms with Crippen LogP contribution in [0.25, 0.3) is 11.3 Å². The summed E-state index contributed by atoms with van der Waals surface area (Å²) >= 11 is 0. The molecule has 8 heteroatoms. The Morgan fingerprint density at radius 2 is 1.71 bits per heavy atom. The van der Waals surface area contributed by atoms with Gasteiger partial charge in [-0.1, -0.05) is 43.3 Å². The third-order valence-corrected chi connectivity index (χ3v) is 5.42. The molecule has 3 aromatic rings. The number of aryl methyl sites for hydroxylation is 1. The van der Waals surface area contributed by atoms with Crippen LogP contribution in [0.4, 0.5) is 0 Å². The molecule has 0 saturated carbocycles. The molecule has 0 aliphatic carbocycles. The molecule has 146 valence electrons. The monoisotopic (exact) mass is 398 g/mol. The quantitative estimate of drug-likeness (QED) is 0.566. The Balaban J connectivity index is 1.62. The van der Waals surface area contributed by atoms with Gasteiger partial charge in [0.25, 0.3) is 5.91 Å². The van der Waals surface area contributed by atoms with E-state index < -0.39 is 10.0 Å². The minimum Gasteiger partial charge on any atom is -0.352 e. The Bertz CT molecular complexity index is 1060. The first-order valence-electron chi connectivity index (χ1n) is 8.91. The zero-order chi connectivity index (χ0) is 20.1. The fourth-order valence-electron chi connectivity index (χ4n) is 2.85. The van der Waals surface area contributed by atoms with Crippen LogP contribution in [0.5, 0.6) is 0 Å². The fourth-order valence-corrected chi connectivity index (χ4v) is 3.36. The number of benzene rings is 2. The molecule has 0 unspecified atom stereocenters. The predicted molar refractivity (Wildman–Crippen MR) is 107 cm³/mol. The predicted octanol–water partition coefficient (Wildman–Crippen LogP) is 2.26. The van der Waals surface area contributed by atoms with Gasteiger partial charge in [0, 0.05) is 12.1 Å². The topological polar surface area (TPSA) is 118 Å². The second kappa shape index (κ2) is 8.37.